The highest BCUT2D eigenvalue weighted by molar-refractivity contribution is 6.30. The standard InChI is InChI=1S/C23H22ClNO6/c1-13-17-8-7-16(30-2)12-20(17)31-23(29)18(13)9-10-21(26)25-19(22(27)28)11-14-3-5-15(24)6-4-14/h3-8,12,19H,9-11H2,1-2H3,(H,25,26)(H,27,28)/t19-/m0/s1. The van der Waals surface area contributed by atoms with Crippen LogP contribution < -0.4 is 15.7 Å². The molecule has 7 nitrogen and oxygen atoms in total. The van der Waals surface area contributed by atoms with Crippen molar-refractivity contribution in [3.05, 3.63) is 74.6 Å². The van der Waals surface area contributed by atoms with E-state index in [1.807, 2.05) is 0 Å². The van der Waals surface area contributed by atoms with E-state index in [-0.39, 0.29) is 19.3 Å². The predicted molar refractivity (Wildman–Crippen MR) is 117 cm³/mol. The molecular weight excluding hydrogens is 422 g/mol. The summed E-state index contributed by atoms with van der Waals surface area (Å²) in [7, 11) is 1.52. The zero-order chi connectivity index (χ0) is 22.5. The van der Waals surface area contributed by atoms with Crippen molar-refractivity contribution >= 4 is 34.4 Å². The van der Waals surface area contributed by atoms with E-state index < -0.39 is 23.5 Å². The Labute approximate surface area is 183 Å². The van der Waals surface area contributed by atoms with Crippen LogP contribution in [0.1, 0.15) is 23.1 Å². The lowest BCUT2D eigenvalue weighted by atomic mass is 10.0. The molecule has 3 rings (SSSR count). The Morgan fingerprint density at radius 3 is 2.55 bits per heavy atom. The van der Waals surface area contributed by atoms with Gasteiger partial charge in [-0.3, -0.25) is 4.79 Å². The summed E-state index contributed by atoms with van der Waals surface area (Å²) >= 11 is 5.85. The summed E-state index contributed by atoms with van der Waals surface area (Å²) in [4.78, 5) is 36.4. The Morgan fingerprint density at radius 1 is 1.19 bits per heavy atom. The fourth-order valence-electron chi connectivity index (χ4n) is 3.35. The van der Waals surface area contributed by atoms with Crippen LogP contribution in [0.2, 0.25) is 5.02 Å². The topological polar surface area (TPSA) is 106 Å². The highest BCUT2D eigenvalue weighted by Gasteiger charge is 2.21. The van der Waals surface area contributed by atoms with Crippen LogP contribution in [0.25, 0.3) is 11.0 Å². The van der Waals surface area contributed by atoms with Crippen LogP contribution in [-0.2, 0) is 22.4 Å². The second-order valence-corrected chi connectivity index (χ2v) is 7.58. The number of nitrogens with one attached hydrogen (secondary N) is 1. The summed E-state index contributed by atoms with van der Waals surface area (Å²) in [6, 6.07) is 10.8. The molecule has 0 bridgehead atoms. The van der Waals surface area contributed by atoms with Crippen molar-refractivity contribution in [3.63, 3.8) is 0 Å². The van der Waals surface area contributed by atoms with Gasteiger partial charge in [-0.05, 0) is 48.7 Å². The van der Waals surface area contributed by atoms with Gasteiger partial charge in [0.1, 0.15) is 17.4 Å². The van der Waals surface area contributed by atoms with E-state index in [0.29, 0.717) is 21.9 Å². The summed E-state index contributed by atoms with van der Waals surface area (Å²) < 4.78 is 10.5. The molecule has 1 heterocycles. The van der Waals surface area contributed by atoms with Gasteiger partial charge >= 0.3 is 11.6 Å². The van der Waals surface area contributed by atoms with E-state index in [9.17, 15) is 19.5 Å². The molecule has 0 saturated carbocycles. The Morgan fingerprint density at radius 2 is 1.90 bits per heavy atom. The third-order valence-corrected chi connectivity index (χ3v) is 5.33. The number of methoxy groups -OCH3 is 1. The van der Waals surface area contributed by atoms with Crippen LogP contribution in [0.15, 0.2) is 51.7 Å². The quantitative estimate of drug-likeness (QED) is 0.516. The maximum atomic E-state index is 12.4. The first-order valence-electron chi connectivity index (χ1n) is 9.65. The van der Waals surface area contributed by atoms with Gasteiger partial charge < -0.3 is 19.6 Å². The summed E-state index contributed by atoms with van der Waals surface area (Å²) in [5.41, 5.74) is 1.72. The number of carboxylic acids is 1. The molecule has 0 aliphatic heterocycles. The van der Waals surface area contributed by atoms with Gasteiger partial charge in [0.15, 0.2) is 0 Å². The zero-order valence-electron chi connectivity index (χ0n) is 17.1. The number of benzene rings is 2. The minimum absolute atomic E-state index is 0.0440. The van der Waals surface area contributed by atoms with Crippen LogP contribution in [0.5, 0.6) is 5.75 Å². The van der Waals surface area contributed by atoms with Crippen molar-refractivity contribution < 1.29 is 23.8 Å². The fraction of sp³-hybridized carbons (Fsp3) is 0.261. The molecule has 0 radical (unpaired) electrons. The summed E-state index contributed by atoms with van der Waals surface area (Å²) in [6.45, 7) is 1.79. The van der Waals surface area contributed by atoms with E-state index >= 15 is 0 Å². The maximum absolute atomic E-state index is 12.4. The smallest absolute Gasteiger partial charge is 0.339 e. The van der Waals surface area contributed by atoms with Crippen molar-refractivity contribution in [1.82, 2.24) is 5.32 Å². The minimum atomic E-state index is -1.14. The number of aryl methyl sites for hydroxylation is 1. The van der Waals surface area contributed by atoms with Gasteiger partial charge in [-0.1, -0.05) is 23.7 Å². The zero-order valence-corrected chi connectivity index (χ0v) is 17.9. The Kier molecular flexibility index (Phi) is 6.97. The highest BCUT2D eigenvalue weighted by atomic mass is 35.5. The van der Waals surface area contributed by atoms with E-state index in [4.69, 9.17) is 20.8 Å². The Balaban J connectivity index is 1.70. The molecule has 0 saturated heterocycles. The normalized spacial score (nSPS) is 11.8. The van der Waals surface area contributed by atoms with Crippen molar-refractivity contribution in [2.75, 3.05) is 7.11 Å². The number of carboxylic acid groups (broad SMARTS) is 1. The van der Waals surface area contributed by atoms with Crippen LogP contribution in [0, 0.1) is 6.92 Å². The summed E-state index contributed by atoms with van der Waals surface area (Å²) in [6.07, 6.45) is 0.212. The number of aliphatic carboxylic acids is 1. The Bertz CT molecular complexity index is 1170. The molecule has 1 atom stereocenters. The van der Waals surface area contributed by atoms with Crippen LogP contribution >= 0.6 is 11.6 Å². The van der Waals surface area contributed by atoms with Gasteiger partial charge in [-0.2, -0.15) is 0 Å². The lowest BCUT2D eigenvalue weighted by Gasteiger charge is -2.15. The first-order chi connectivity index (χ1) is 14.8. The number of ether oxygens (including phenoxy) is 1. The predicted octanol–water partition coefficient (Wildman–Crippen LogP) is 3.51. The SMILES string of the molecule is COc1ccc2c(C)c(CCC(=O)N[C@@H](Cc3ccc(Cl)cc3)C(=O)O)c(=O)oc2c1. The van der Waals surface area contributed by atoms with Crippen molar-refractivity contribution in [2.24, 2.45) is 0 Å². The summed E-state index contributed by atoms with van der Waals surface area (Å²) in [5.74, 6) is -1.03. The molecule has 1 aromatic heterocycles. The number of carbonyl (C=O) groups excluding carboxylic acids is 1. The molecule has 162 valence electrons. The molecule has 8 heteroatoms. The van der Waals surface area contributed by atoms with Gasteiger partial charge in [-0.15, -0.1) is 0 Å². The Hall–Kier alpha value is -3.32. The molecule has 2 aromatic carbocycles. The molecule has 0 aliphatic rings. The molecule has 0 aliphatic carbocycles. The van der Waals surface area contributed by atoms with Gasteiger partial charge in [0, 0.05) is 34.9 Å². The monoisotopic (exact) mass is 443 g/mol. The van der Waals surface area contributed by atoms with Crippen molar-refractivity contribution in [2.45, 2.75) is 32.2 Å². The van der Waals surface area contributed by atoms with Gasteiger partial charge in [-0.25, -0.2) is 9.59 Å². The van der Waals surface area contributed by atoms with Gasteiger partial charge in [0.25, 0.3) is 0 Å². The van der Waals surface area contributed by atoms with Gasteiger partial charge in [0.05, 0.1) is 7.11 Å². The second-order valence-electron chi connectivity index (χ2n) is 7.14. The number of hydrogen-bond donors (Lipinski definition) is 2. The van der Waals surface area contributed by atoms with Crippen molar-refractivity contribution in [3.8, 4) is 5.75 Å². The van der Waals surface area contributed by atoms with Gasteiger partial charge in [0.2, 0.25) is 5.91 Å². The third kappa shape index (κ3) is 5.44. The molecule has 0 spiro atoms. The van der Waals surface area contributed by atoms with Crippen LogP contribution in [0.4, 0.5) is 0 Å². The summed E-state index contributed by atoms with van der Waals surface area (Å²) in [5, 5.41) is 13.3. The largest absolute Gasteiger partial charge is 0.497 e. The van der Waals surface area contributed by atoms with Crippen LogP contribution in [0.3, 0.4) is 0 Å². The lowest BCUT2D eigenvalue weighted by Crippen LogP contribution is -2.42. The lowest BCUT2D eigenvalue weighted by molar-refractivity contribution is -0.141. The molecule has 31 heavy (non-hydrogen) atoms. The van der Waals surface area contributed by atoms with E-state index in [1.165, 1.54) is 7.11 Å². The molecule has 2 N–H and O–H groups in total. The second kappa shape index (κ2) is 9.66. The van der Waals surface area contributed by atoms with E-state index in [0.717, 1.165) is 16.5 Å². The van der Waals surface area contributed by atoms with E-state index in [1.54, 1.807) is 49.4 Å². The molecular formula is C23H22ClNO6. The number of fused-ring (bicyclic) bond motifs is 1. The third-order valence-electron chi connectivity index (χ3n) is 5.08. The van der Waals surface area contributed by atoms with E-state index in [2.05, 4.69) is 5.32 Å². The molecule has 3 aromatic rings. The van der Waals surface area contributed by atoms with Crippen molar-refractivity contribution in [1.29, 1.82) is 0 Å². The average Bonchev–Trinajstić information content (AvgIpc) is 2.74. The maximum Gasteiger partial charge on any atom is 0.339 e. The first-order valence-corrected chi connectivity index (χ1v) is 10.0. The molecule has 0 unspecified atom stereocenters. The first kappa shape index (κ1) is 22.4. The van der Waals surface area contributed by atoms with Crippen LogP contribution in [-0.4, -0.2) is 30.1 Å². The number of carbonyl (C=O) groups is 2. The molecule has 1 amide bonds. The fourth-order valence-corrected chi connectivity index (χ4v) is 3.48. The highest BCUT2D eigenvalue weighted by Crippen LogP contribution is 2.24. The number of halogens is 1. The minimum Gasteiger partial charge on any atom is -0.497 e. The number of amides is 1. The average molecular weight is 444 g/mol. The number of rotatable bonds is 8. The molecule has 0 fully saturated rings. The number of hydrogen-bond acceptors (Lipinski definition) is 5.